The first-order valence-corrected chi connectivity index (χ1v) is 12.3. The van der Waals surface area contributed by atoms with Gasteiger partial charge in [0.1, 0.15) is 17.0 Å². The van der Waals surface area contributed by atoms with Crippen LogP contribution in [0.5, 0.6) is 5.75 Å². The topological polar surface area (TPSA) is 84.6 Å². The van der Waals surface area contributed by atoms with Crippen molar-refractivity contribution in [2.24, 2.45) is 11.8 Å². The fourth-order valence-electron chi connectivity index (χ4n) is 4.63. The zero-order chi connectivity index (χ0) is 25.1. The molecule has 3 heterocycles. The second kappa shape index (κ2) is 12.2. The summed E-state index contributed by atoms with van der Waals surface area (Å²) in [5.41, 5.74) is 3.60. The molecule has 0 aliphatic carbocycles. The van der Waals surface area contributed by atoms with Gasteiger partial charge in [0, 0.05) is 29.7 Å². The van der Waals surface area contributed by atoms with Crippen LogP contribution >= 0.6 is 0 Å². The maximum Gasteiger partial charge on any atom is 1.00 e. The van der Waals surface area contributed by atoms with Gasteiger partial charge >= 0.3 is 29.6 Å². The van der Waals surface area contributed by atoms with Gasteiger partial charge in [-0.1, -0.05) is 45.0 Å². The van der Waals surface area contributed by atoms with Gasteiger partial charge in [-0.2, -0.15) is 0 Å². The Morgan fingerprint density at radius 1 is 1.17 bits per heavy atom. The van der Waals surface area contributed by atoms with Gasteiger partial charge in [-0.05, 0) is 55.9 Å². The monoisotopic (exact) mass is 497 g/mol. The third kappa shape index (κ3) is 5.47. The summed E-state index contributed by atoms with van der Waals surface area (Å²) in [6.45, 7) is 11.9. The van der Waals surface area contributed by atoms with E-state index >= 15 is 0 Å². The van der Waals surface area contributed by atoms with E-state index in [0.29, 0.717) is 53.2 Å². The third-order valence-electron chi connectivity index (χ3n) is 6.69. The molecule has 2 atom stereocenters. The molecule has 1 saturated heterocycles. The van der Waals surface area contributed by atoms with Gasteiger partial charge in [0.05, 0.1) is 23.5 Å². The molecule has 5 rings (SSSR count). The Morgan fingerprint density at radius 2 is 1.92 bits per heavy atom. The smallest absolute Gasteiger partial charge is 0.545 e. The molecule has 2 unspecified atom stereocenters. The molecule has 7 heteroatoms. The van der Waals surface area contributed by atoms with Crippen molar-refractivity contribution < 1.29 is 53.3 Å². The molecule has 6 nitrogen and oxygen atoms in total. The minimum atomic E-state index is -1.27. The van der Waals surface area contributed by atoms with Gasteiger partial charge in [0.25, 0.3) is 0 Å². The van der Waals surface area contributed by atoms with Crippen molar-refractivity contribution in [1.29, 1.82) is 0 Å². The van der Waals surface area contributed by atoms with E-state index < -0.39 is 5.97 Å². The van der Waals surface area contributed by atoms with Crippen LogP contribution in [0.15, 0.2) is 46.9 Å². The van der Waals surface area contributed by atoms with Gasteiger partial charge in [-0.15, -0.1) is 0 Å². The predicted molar refractivity (Wildman–Crippen MR) is 136 cm³/mol. The zero-order valence-corrected chi connectivity index (χ0v) is 24.0. The molecular weight excluding hydrogens is 465 g/mol. The van der Waals surface area contributed by atoms with Crippen LogP contribution in [0.4, 0.5) is 0 Å². The summed E-state index contributed by atoms with van der Waals surface area (Å²) >= 11 is 0. The number of para-hydroxylation sites is 1. The predicted octanol–water partition coefficient (Wildman–Crippen LogP) is 2.71. The molecule has 0 spiro atoms. The van der Waals surface area contributed by atoms with Crippen molar-refractivity contribution in [3.8, 4) is 17.2 Å². The molecule has 0 bridgehead atoms. The number of hydrogen-bond donors (Lipinski definition) is 0. The van der Waals surface area contributed by atoms with Crippen molar-refractivity contribution in [2.45, 2.75) is 41.0 Å². The number of nitrogens with zero attached hydrogens (tertiary/aromatic N) is 1. The van der Waals surface area contributed by atoms with E-state index in [1.54, 1.807) is 0 Å². The number of aromatic nitrogens is 1. The second-order valence-corrected chi connectivity index (χ2v) is 8.91. The number of hydrogen-bond acceptors (Lipinski definition) is 6. The van der Waals surface area contributed by atoms with Gasteiger partial charge in [-0.25, -0.2) is 4.98 Å². The number of carboxylic acids is 1. The van der Waals surface area contributed by atoms with E-state index in [1.165, 1.54) is 6.07 Å². The van der Waals surface area contributed by atoms with Crippen LogP contribution in [0.3, 0.4) is 0 Å². The van der Waals surface area contributed by atoms with Crippen LogP contribution in [0.25, 0.3) is 33.3 Å². The SMILES string of the molecule is CC.Cc1c(-c2cc(C(=O)[O-])c3c(OCC4CCOCC4C)ccc(C)c3n2)oc2ccccc12.[Na+]. The number of ether oxygens (including phenoxy) is 2. The number of carboxylic acid groups (broad SMARTS) is 1. The number of pyridine rings is 1. The molecule has 1 fully saturated rings. The average molecular weight is 498 g/mol. The molecule has 0 saturated carbocycles. The Labute approximate surface area is 234 Å². The van der Waals surface area contributed by atoms with Gasteiger partial charge in [0.2, 0.25) is 0 Å². The molecule has 0 radical (unpaired) electrons. The quantitative estimate of drug-likeness (QED) is 0.394. The first kappa shape index (κ1) is 28.2. The standard InChI is InChI=1S/C27H27NO5.C2H6.Na/c1-15-8-9-23(32-14-18-10-11-31-13-16(18)2)24-20(27(29)30)12-21(28-25(15)24)26-17(3)19-6-4-5-7-22(19)33-26;1-2;/h4-9,12,16,18H,10-11,13-14H2,1-3H3,(H,29,30);1-2H3;/q;;+1/p-1. The minimum Gasteiger partial charge on any atom is -0.545 e. The maximum atomic E-state index is 12.2. The number of fused-ring (bicyclic) bond motifs is 2. The molecule has 0 N–H and O–H groups in total. The first-order chi connectivity index (χ1) is 16.9. The van der Waals surface area contributed by atoms with Crippen molar-refractivity contribution in [3.63, 3.8) is 0 Å². The second-order valence-electron chi connectivity index (χ2n) is 8.91. The number of rotatable bonds is 5. The van der Waals surface area contributed by atoms with Crippen LogP contribution in [0, 0.1) is 25.7 Å². The van der Waals surface area contributed by atoms with Crippen LogP contribution in [-0.4, -0.2) is 30.8 Å². The zero-order valence-electron chi connectivity index (χ0n) is 22.0. The van der Waals surface area contributed by atoms with E-state index in [-0.39, 0.29) is 35.1 Å². The number of benzene rings is 2. The number of carbonyl (C=O) groups excluding carboxylic acids is 1. The minimum absolute atomic E-state index is 0. The first-order valence-electron chi connectivity index (χ1n) is 12.3. The van der Waals surface area contributed by atoms with Crippen LogP contribution in [0.1, 0.15) is 48.7 Å². The third-order valence-corrected chi connectivity index (χ3v) is 6.69. The fraction of sp³-hybridized carbons (Fsp3) is 0.379. The van der Waals surface area contributed by atoms with E-state index in [1.807, 2.05) is 64.1 Å². The Morgan fingerprint density at radius 3 is 2.61 bits per heavy atom. The Bertz CT molecular complexity index is 1360. The van der Waals surface area contributed by atoms with Gasteiger partial charge in [-0.3, -0.25) is 0 Å². The Kier molecular flexibility index (Phi) is 9.59. The fourth-order valence-corrected chi connectivity index (χ4v) is 4.63. The van der Waals surface area contributed by atoms with E-state index in [0.717, 1.165) is 35.1 Å². The Balaban J connectivity index is 0.00000117. The van der Waals surface area contributed by atoms with Crippen LogP contribution in [-0.2, 0) is 4.74 Å². The molecule has 2 aromatic heterocycles. The number of aryl methyl sites for hydroxylation is 2. The Hall–Kier alpha value is -2.38. The van der Waals surface area contributed by atoms with Crippen molar-refractivity contribution in [1.82, 2.24) is 4.98 Å². The van der Waals surface area contributed by atoms with E-state index in [9.17, 15) is 9.90 Å². The summed E-state index contributed by atoms with van der Waals surface area (Å²) < 4.78 is 17.8. The largest absolute Gasteiger partial charge is 1.00 e. The summed E-state index contributed by atoms with van der Waals surface area (Å²) in [6, 6.07) is 13.0. The number of aromatic carboxylic acids is 1. The molecule has 4 aromatic rings. The number of furan rings is 1. The summed E-state index contributed by atoms with van der Waals surface area (Å²) in [4.78, 5) is 17.1. The molecule has 1 aliphatic heterocycles. The van der Waals surface area contributed by atoms with Gasteiger partial charge < -0.3 is 23.8 Å². The normalized spacial score (nSPS) is 17.2. The molecule has 0 amide bonds. The average Bonchev–Trinajstić information content (AvgIpc) is 3.22. The van der Waals surface area contributed by atoms with Crippen molar-refractivity contribution in [3.05, 3.63) is 59.2 Å². The molecule has 2 aromatic carbocycles. The molecule has 1 aliphatic rings. The summed E-state index contributed by atoms with van der Waals surface area (Å²) in [5.74, 6) is 0.535. The maximum absolute atomic E-state index is 12.2. The molecular formula is C29H32NNaO5. The van der Waals surface area contributed by atoms with E-state index in [2.05, 4.69) is 6.92 Å². The molecule has 36 heavy (non-hydrogen) atoms. The number of carbonyl (C=O) groups is 1. The molecule has 184 valence electrons. The summed E-state index contributed by atoms with van der Waals surface area (Å²) in [6.07, 6.45) is 0.923. The summed E-state index contributed by atoms with van der Waals surface area (Å²) in [7, 11) is 0. The van der Waals surface area contributed by atoms with Crippen LogP contribution < -0.4 is 39.4 Å². The van der Waals surface area contributed by atoms with Gasteiger partial charge in [0.15, 0.2) is 5.76 Å². The van der Waals surface area contributed by atoms with E-state index in [4.69, 9.17) is 18.9 Å². The van der Waals surface area contributed by atoms with Crippen LogP contribution in [0.2, 0.25) is 0 Å². The van der Waals surface area contributed by atoms with Crippen molar-refractivity contribution in [2.75, 3.05) is 19.8 Å². The summed E-state index contributed by atoms with van der Waals surface area (Å²) in [5, 5.41) is 13.7. The van der Waals surface area contributed by atoms with Crippen molar-refractivity contribution >= 4 is 27.8 Å².